The van der Waals surface area contributed by atoms with E-state index >= 15 is 0 Å². The van der Waals surface area contributed by atoms with Gasteiger partial charge in [-0.05, 0) is 26.8 Å². The van der Waals surface area contributed by atoms with Gasteiger partial charge in [-0.15, -0.1) is 6.58 Å². The number of carbonyl (C=O) groups excluding carboxylic acids is 1. The number of carboxylic acid groups (broad SMARTS) is 1. The number of hydrogen-bond donors (Lipinski definition) is 1. The summed E-state index contributed by atoms with van der Waals surface area (Å²) in [7, 11) is 0. The van der Waals surface area contributed by atoms with Crippen molar-refractivity contribution in [3.63, 3.8) is 0 Å². The van der Waals surface area contributed by atoms with Crippen LogP contribution in [0.1, 0.15) is 20.8 Å². The third kappa shape index (κ3) is 3.97. The van der Waals surface area contributed by atoms with E-state index in [9.17, 15) is 9.59 Å². The van der Waals surface area contributed by atoms with Crippen molar-refractivity contribution in [2.24, 2.45) is 0 Å². The molecule has 0 aliphatic heterocycles. The Morgan fingerprint density at radius 1 is 1.47 bits per heavy atom. The van der Waals surface area contributed by atoms with E-state index in [4.69, 9.17) is 5.11 Å². The highest BCUT2D eigenvalue weighted by atomic mass is 16.4. The third-order valence-electron chi connectivity index (χ3n) is 1.86. The van der Waals surface area contributed by atoms with Gasteiger partial charge in [0.25, 0.3) is 0 Å². The van der Waals surface area contributed by atoms with Crippen molar-refractivity contribution in [2.45, 2.75) is 32.4 Å². The van der Waals surface area contributed by atoms with E-state index in [0.717, 1.165) is 0 Å². The third-order valence-corrected chi connectivity index (χ3v) is 1.86. The Balaban J connectivity index is 5.03. The average molecular weight is 211 g/mol. The summed E-state index contributed by atoms with van der Waals surface area (Å²) >= 11 is 0. The fraction of sp³-hybridized carbons (Fsp3) is 0.455. The molecule has 1 N–H and O–H groups in total. The van der Waals surface area contributed by atoms with E-state index in [1.807, 2.05) is 0 Å². The van der Waals surface area contributed by atoms with Crippen LogP contribution < -0.4 is 0 Å². The summed E-state index contributed by atoms with van der Waals surface area (Å²) in [5.41, 5.74) is -0.544. The lowest BCUT2D eigenvalue weighted by molar-refractivity contribution is -0.104. The molecule has 15 heavy (non-hydrogen) atoms. The van der Waals surface area contributed by atoms with Crippen LogP contribution in [0.25, 0.3) is 0 Å². The van der Waals surface area contributed by atoms with Crippen LogP contribution in [0.15, 0.2) is 24.8 Å². The number of amides is 1. The molecule has 0 saturated carbocycles. The summed E-state index contributed by atoms with van der Waals surface area (Å²) in [5.74, 6) is 0. The lowest BCUT2D eigenvalue weighted by Gasteiger charge is -2.37. The molecule has 4 nitrogen and oxygen atoms in total. The molecule has 1 amide bonds. The molecule has 0 aromatic heterocycles. The lowest BCUT2D eigenvalue weighted by atomic mass is 10.0. The number of hydrogen-bond acceptors (Lipinski definition) is 2. The molecule has 0 heterocycles. The van der Waals surface area contributed by atoms with Crippen molar-refractivity contribution in [1.29, 1.82) is 0 Å². The van der Waals surface area contributed by atoms with Crippen molar-refractivity contribution in [1.82, 2.24) is 4.90 Å². The van der Waals surface area contributed by atoms with Gasteiger partial charge in [-0.25, -0.2) is 4.79 Å². The first-order chi connectivity index (χ1) is 6.84. The Labute approximate surface area is 89.9 Å². The first kappa shape index (κ1) is 13.4. The van der Waals surface area contributed by atoms with Gasteiger partial charge in [-0.2, -0.15) is 0 Å². The maximum absolute atomic E-state index is 11.1. The number of allylic oxidation sites excluding steroid dienone is 1. The van der Waals surface area contributed by atoms with Crippen molar-refractivity contribution in [3.05, 3.63) is 24.8 Å². The van der Waals surface area contributed by atoms with Crippen LogP contribution >= 0.6 is 0 Å². The zero-order valence-electron chi connectivity index (χ0n) is 9.30. The second kappa shape index (κ2) is 5.34. The lowest BCUT2D eigenvalue weighted by Crippen LogP contribution is -2.49. The molecule has 0 fully saturated rings. The van der Waals surface area contributed by atoms with Crippen molar-refractivity contribution >= 4 is 12.4 Å². The van der Waals surface area contributed by atoms with E-state index in [1.54, 1.807) is 20.8 Å². The molecule has 4 heteroatoms. The first-order valence-electron chi connectivity index (χ1n) is 4.61. The zero-order chi connectivity index (χ0) is 12.1. The van der Waals surface area contributed by atoms with E-state index < -0.39 is 17.7 Å². The van der Waals surface area contributed by atoms with Gasteiger partial charge < -0.3 is 5.11 Å². The molecule has 1 atom stereocenters. The van der Waals surface area contributed by atoms with Crippen LogP contribution in [0.3, 0.4) is 0 Å². The summed E-state index contributed by atoms with van der Waals surface area (Å²) in [5, 5.41) is 9.07. The summed E-state index contributed by atoms with van der Waals surface area (Å²) in [6, 6.07) is -0.493. The fourth-order valence-electron chi connectivity index (χ4n) is 1.29. The molecule has 0 aliphatic carbocycles. The maximum Gasteiger partial charge on any atom is 0.408 e. The molecule has 0 aromatic carbocycles. The Hall–Kier alpha value is -1.58. The molecule has 0 spiro atoms. The minimum absolute atomic E-state index is 0.493. The van der Waals surface area contributed by atoms with Crippen LogP contribution in [0.2, 0.25) is 0 Å². The zero-order valence-corrected chi connectivity index (χ0v) is 9.30. The Kier molecular flexibility index (Phi) is 4.78. The Bertz CT molecular complexity index is 276. The standard InChI is InChI=1S/C11H17NO3/c1-5-9(7-6-8-13)12(10(14)15)11(2,3)4/h5-9H,1H2,2-4H3,(H,14,15)/b7-6+. The average Bonchev–Trinajstić information content (AvgIpc) is 2.08. The second-order valence-corrected chi connectivity index (χ2v) is 4.07. The largest absolute Gasteiger partial charge is 0.465 e. The normalized spacial score (nSPS) is 13.5. The molecule has 0 radical (unpaired) electrons. The van der Waals surface area contributed by atoms with E-state index in [2.05, 4.69) is 6.58 Å². The monoisotopic (exact) mass is 211 g/mol. The van der Waals surface area contributed by atoms with Gasteiger partial charge in [0.15, 0.2) is 0 Å². The minimum Gasteiger partial charge on any atom is -0.465 e. The Morgan fingerprint density at radius 3 is 2.27 bits per heavy atom. The SMILES string of the molecule is C=CC(/C=C/C=O)N(C(=O)O)C(C)(C)C. The molecule has 1 unspecified atom stereocenters. The summed E-state index contributed by atoms with van der Waals surface area (Å²) in [6.45, 7) is 8.91. The first-order valence-corrected chi connectivity index (χ1v) is 4.61. The topological polar surface area (TPSA) is 57.6 Å². The predicted octanol–water partition coefficient (Wildman–Crippen LogP) is 2.07. The fourth-order valence-corrected chi connectivity index (χ4v) is 1.29. The van der Waals surface area contributed by atoms with Crippen molar-refractivity contribution in [3.8, 4) is 0 Å². The summed E-state index contributed by atoms with van der Waals surface area (Å²) in [4.78, 5) is 22.5. The number of rotatable bonds is 4. The number of aldehydes is 1. The van der Waals surface area contributed by atoms with Gasteiger partial charge in [-0.3, -0.25) is 9.69 Å². The highest BCUT2D eigenvalue weighted by Gasteiger charge is 2.30. The molecule has 0 aliphatic rings. The van der Waals surface area contributed by atoms with Crippen molar-refractivity contribution < 1.29 is 14.7 Å². The van der Waals surface area contributed by atoms with Gasteiger partial charge in [0.05, 0.1) is 6.04 Å². The molecule has 84 valence electrons. The van der Waals surface area contributed by atoms with E-state index in [0.29, 0.717) is 6.29 Å². The van der Waals surface area contributed by atoms with Crippen LogP contribution in [0.4, 0.5) is 4.79 Å². The number of carbonyl (C=O) groups is 2. The Morgan fingerprint density at radius 2 is 2.00 bits per heavy atom. The molecule has 0 rings (SSSR count). The second-order valence-electron chi connectivity index (χ2n) is 4.07. The van der Waals surface area contributed by atoms with Crippen LogP contribution in [-0.4, -0.2) is 34.0 Å². The minimum atomic E-state index is -1.04. The van der Waals surface area contributed by atoms with Gasteiger partial charge in [-0.1, -0.05) is 12.2 Å². The van der Waals surface area contributed by atoms with Gasteiger partial charge >= 0.3 is 6.09 Å². The molecule has 0 saturated heterocycles. The number of nitrogens with zero attached hydrogens (tertiary/aromatic N) is 1. The molecule has 0 bridgehead atoms. The summed E-state index contributed by atoms with van der Waals surface area (Å²) in [6.07, 6.45) is 3.83. The highest BCUT2D eigenvalue weighted by molar-refractivity contribution is 5.69. The highest BCUT2D eigenvalue weighted by Crippen LogP contribution is 2.18. The molecular formula is C11H17NO3. The van der Waals surface area contributed by atoms with Crippen molar-refractivity contribution in [2.75, 3.05) is 0 Å². The summed E-state index contributed by atoms with van der Waals surface area (Å²) < 4.78 is 0. The maximum atomic E-state index is 11.1. The van der Waals surface area contributed by atoms with Gasteiger partial charge in [0, 0.05) is 5.54 Å². The molecular weight excluding hydrogens is 194 g/mol. The predicted molar refractivity (Wildman–Crippen MR) is 58.8 cm³/mol. The van der Waals surface area contributed by atoms with Gasteiger partial charge in [0.2, 0.25) is 0 Å². The van der Waals surface area contributed by atoms with E-state index in [1.165, 1.54) is 23.1 Å². The smallest absolute Gasteiger partial charge is 0.408 e. The quantitative estimate of drug-likeness (QED) is 0.440. The van der Waals surface area contributed by atoms with E-state index in [-0.39, 0.29) is 0 Å². The van der Waals surface area contributed by atoms with Crippen LogP contribution in [0.5, 0.6) is 0 Å². The van der Waals surface area contributed by atoms with Gasteiger partial charge in [0.1, 0.15) is 6.29 Å². The molecule has 0 aromatic rings. The van der Waals surface area contributed by atoms with Crippen LogP contribution in [0, 0.1) is 0 Å². The van der Waals surface area contributed by atoms with Crippen LogP contribution in [-0.2, 0) is 4.79 Å².